The van der Waals surface area contributed by atoms with Crippen molar-refractivity contribution in [1.29, 1.82) is 0 Å². The van der Waals surface area contributed by atoms with E-state index in [1.807, 2.05) is 0 Å². The van der Waals surface area contributed by atoms with Crippen molar-refractivity contribution in [2.45, 2.75) is 74.1 Å². The Kier molecular flexibility index (Phi) is 6.74. The SMILES string of the molecule is CC(C)C(CNC(=O)C1CCC(C(C)(C)C)CC1)C(C)C. The van der Waals surface area contributed by atoms with Crippen molar-refractivity contribution in [1.82, 2.24) is 5.32 Å². The molecule has 2 nitrogen and oxygen atoms in total. The molecule has 1 N–H and O–H groups in total. The van der Waals surface area contributed by atoms with Gasteiger partial charge in [-0.3, -0.25) is 4.79 Å². The molecule has 2 heteroatoms. The molecule has 21 heavy (non-hydrogen) atoms. The largest absolute Gasteiger partial charge is 0.356 e. The van der Waals surface area contributed by atoms with Crippen LogP contribution in [0.2, 0.25) is 0 Å². The molecule has 0 aromatic carbocycles. The Morgan fingerprint density at radius 2 is 1.48 bits per heavy atom. The molecule has 1 rings (SSSR count). The number of amides is 1. The second-order valence-electron chi connectivity index (χ2n) is 8.81. The fourth-order valence-corrected chi connectivity index (χ4v) is 3.83. The van der Waals surface area contributed by atoms with Crippen LogP contribution in [0.25, 0.3) is 0 Å². The molecular formula is C19H37NO. The predicted octanol–water partition coefficient (Wildman–Crippen LogP) is 4.88. The first kappa shape index (κ1) is 18.5. The number of hydrogen-bond acceptors (Lipinski definition) is 1. The molecule has 0 spiro atoms. The van der Waals surface area contributed by atoms with E-state index in [1.54, 1.807) is 0 Å². The van der Waals surface area contributed by atoms with Crippen LogP contribution in [-0.2, 0) is 4.79 Å². The third kappa shape index (κ3) is 5.64. The number of hydrogen-bond donors (Lipinski definition) is 1. The molecule has 0 aliphatic heterocycles. The maximum Gasteiger partial charge on any atom is 0.223 e. The van der Waals surface area contributed by atoms with Gasteiger partial charge in [-0.15, -0.1) is 0 Å². The summed E-state index contributed by atoms with van der Waals surface area (Å²) in [5.74, 6) is 3.17. The smallest absolute Gasteiger partial charge is 0.223 e. The lowest BCUT2D eigenvalue weighted by Crippen LogP contribution is -2.39. The van der Waals surface area contributed by atoms with Gasteiger partial charge < -0.3 is 5.32 Å². The Morgan fingerprint density at radius 1 is 1.00 bits per heavy atom. The van der Waals surface area contributed by atoms with E-state index in [4.69, 9.17) is 0 Å². The maximum absolute atomic E-state index is 12.4. The molecule has 1 amide bonds. The molecule has 0 saturated heterocycles. The Balaban J connectivity index is 2.41. The summed E-state index contributed by atoms with van der Waals surface area (Å²) in [7, 11) is 0. The highest BCUT2D eigenvalue weighted by Gasteiger charge is 2.32. The number of rotatable bonds is 5. The van der Waals surface area contributed by atoms with Crippen LogP contribution in [0, 0.1) is 35.0 Å². The van der Waals surface area contributed by atoms with E-state index < -0.39 is 0 Å². The maximum atomic E-state index is 12.4. The summed E-state index contributed by atoms with van der Waals surface area (Å²) in [6.45, 7) is 16.8. The Bertz CT molecular complexity index is 311. The standard InChI is InChI=1S/C19H37NO/c1-13(2)17(14(3)4)12-20-18(21)15-8-10-16(11-9-15)19(5,6)7/h13-17H,8-12H2,1-7H3,(H,20,21). The van der Waals surface area contributed by atoms with Crippen LogP contribution < -0.4 is 5.32 Å². The van der Waals surface area contributed by atoms with E-state index in [0.717, 1.165) is 25.3 Å². The van der Waals surface area contributed by atoms with Crippen LogP contribution in [0.15, 0.2) is 0 Å². The van der Waals surface area contributed by atoms with Crippen molar-refractivity contribution in [2.24, 2.45) is 35.0 Å². The van der Waals surface area contributed by atoms with E-state index >= 15 is 0 Å². The topological polar surface area (TPSA) is 29.1 Å². The van der Waals surface area contributed by atoms with Gasteiger partial charge in [0.15, 0.2) is 0 Å². The third-order valence-electron chi connectivity index (χ3n) is 5.55. The predicted molar refractivity (Wildman–Crippen MR) is 91.1 cm³/mol. The lowest BCUT2D eigenvalue weighted by molar-refractivity contribution is -0.126. The summed E-state index contributed by atoms with van der Waals surface area (Å²) < 4.78 is 0. The van der Waals surface area contributed by atoms with E-state index in [-0.39, 0.29) is 5.92 Å². The van der Waals surface area contributed by atoms with Gasteiger partial charge in [-0.2, -0.15) is 0 Å². The van der Waals surface area contributed by atoms with Crippen LogP contribution in [0.5, 0.6) is 0 Å². The van der Waals surface area contributed by atoms with Gasteiger partial charge in [0.05, 0.1) is 0 Å². The molecule has 124 valence electrons. The highest BCUT2D eigenvalue weighted by molar-refractivity contribution is 5.78. The normalized spacial score (nSPS) is 23.9. The van der Waals surface area contributed by atoms with Gasteiger partial charge in [0, 0.05) is 12.5 Å². The van der Waals surface area contributed by atoms with E-state index in [1.165, 1.54) is 12.8 Å². The molecule has 0 atom stereocenters. The fourth-order valence-electron chi connectivity index (χ4n) is 3.83. The third-order valence-corrected chi connectivity index (χ3v) is 5.55. The van der Waals surface area contributed by atoms with Crippen molar-refractivity contribution in [2.75, 3.05) is 6.54 Å². The molecule has 1 fully saturated rings. The first-order chi connectivity index (χ1) is 9.62. The van der Waals surface area contributed by atoms with Crippen LogP contribution >= 0.6 is 0 Å². The second kappa shape index (κ2) is 7.65. The zero-order valence-corrected chi connectivity index (χ0v) is 15.3. The van der Waals surface area contributed by atoms with Gasteiger partial charge in [0.25, 0.3) is 0 Å². The first-order valence-corrected chi connectivity index (χ1v) is 8.90. The van der Waals surface area contributed by atoms with Crippen LogP contribution in [-0.4, -0.2) is 12.5 Å². The highest BCUT2D eigenvalue weighted by atomic mass is 16.1. The first-order valence-electron chi connectivity index (χ1n) is 8.90. The van der Waals surface area contributed by atoms with Crippen molar-refractivity contribution in [3.63, 3.8) is 0 Å². The lowest BCUT2D eigenvalue weighted by Gasteiger charge is -2.36. The lowest BCUT2D eigenvalue weighted by atomic mass is 9.69. The molecule has 0 unspecified atom stereocenters. The summed E-state index contributed by atoms with van der Waals surface area (Å²) in [6.07, 6.45) is 4.56. The molecule has 0 aromatic heterocycles. The monoisotopic (exact) mass is 295 g/mol. The minimum atomic E-state index is 0.253. The number of carbonyl (C=O) groups is 1. The van der Waals surface area contributed by atoms with E-state index in [9.17, 15) is 4.79 Å². The van der Waals surface area contributed by atoms with E-state index in [2.05, 4.69) is 53.8 Å². The molecule has 0 heterocycles. The van der Waals surface area contributed by atoms with Gasteiger partial charge in [-0.25, -0.2) is 0 Å². The zero-order chi connectivity index (χ0) is 16.2. The van der Waals surface area contributed by atoms with Crippen molar-refractivity contribution in [3.05, 3.63) is 0 Å². The summed E-state index contributed by atoms with van der Waals surface area (Å²) in [4.78, 5) is 12.4. The highest BCUT2D eigenvalue weighted by Crippen LogP contribution is 2.39. The summed E-state index contributed by atoms with van der Waals surface area (Å²) >= 11 is 0. The minimum absolute atomic E-state index is 0.253. The van der Waals surface area contributed by atoms with E-state index in [0.29, 0.717) is 29.1 Å². The zero-order valence-electron chi connectivity index (χ0n) is 15.3. The molecular weight excluding hydrogens is 258 g/mol. The van der Waals surface area contributed by atoms with Crippen molar-refractivity contribution in [3.8, 4) is 0 Å². The summed E-state index contributed by atoms with van der Waals surface area (Å²) in [5.41, 5.74) is 0.391. The Morgan fingerprint density at radius 3 is 1.86 bits per heavy atom. The Labute approximate surface area is 132 Å². The molecule has 0 bridgehead atoms. The number of carbonyl (C=O) groups excluding carboxylic acids is 1. The summed E-state index contributed by atoms with van der Waals surface area (Å²) in [6, 6.07) is 0. The second-order valence-corrected chi connectivity index (χ2v) is 8.81. The molecule has 1 aliphatic rings. The van der Waals surface area contributed by atoms with Crippen molar-refractivity contribution >= 4 is 5.91 Å². The minimum Gasteiger partial charge on any atom is -0.356 e. The van der Waals surface area contributed by atoms with Gasteiger partial charge >= 0.3 is 0 Å². The van der Waals surface area contributed by atoms with Gasteiger partial charge in [-0.05, 0) is 54.8 Å². The Hall–Kier alpha value is -0.530. The van der Waals surface area contributed by atoms with Crippen LogP contribution in [0.4, 0.5) is 0 Å². The fraction of sp³-hybridized carbons (Fsp3) is 0.947. The van der Waals surface area contributed by atoms with Crippen molar-refractivity contribution < 1.29 is 4.79 Å². The molecule has 0 radical (unpaired) electrons. The summed E-state index contributed by atoms with van der Waals surface area (Å²) in [5, 5.41) is 3.23. The van der Waals surface area contributed by atoms with Crippen LogP contribution in [0.1, 0.15) is 74.1 Å². The van der Waals surface area contributed by atoms with Gasteiger partial charge in [0.2, 0.25) is 5.91 Å². The van der Waals surface area contributed by atoms with Gasteiger partial charge in [-0.1, -0.05) is 48.5 Å². The molecule has 1 aliphatic carbocycles. The number of nitrogens with one attached hydrogen (secondary N) is 1. The quantitative estimate of drug-likeness (QED) is 0.769. The van der Waals surface area contributed by atoms with Gasteiger partial charge in [0.1, 0.15) is 0 Å². The molecule has 0 aromatic rings. The van der Waals surface area contributed by atoms with Crippen LogP contribution in [0.3, 0.4) is 0 Å². The average molecular weight is 296 g/mol. The average Bonchev–Trinajstić information content (AvgIpc) is 2.37. The molecule has 1 saturated carbocycles.